The zero-order valence-corrected chi connectivity index (χ0v) is 14.5. The Kier molecular flexibility index (Phi) is 14.3. The van der Waals surface area contributed by atoms with E-state index >= 15 is 0 Å². The predicted octanol–water partition coefficient (Wildman–Crippen LogP) is 2.68. The molecule has 0 amide bonds. The third-order valence-corrected chi connectivity index (χ3v) is 4.52. The average molecular weight is 302 g/mol. The van der Waals surface area contributed by atoms with E-state index in [0.717, 1.165) is 51.0 Å². The first-order valence-corrected chi connectivity index (χ1v) is 9.77. The summed E-state index contributed by atoms with van der Waals surface area (Å²) in [6.07, 6.45) is 5.56. The van der Waals surface area contributed by atoms with Crippen LogP contribution >= 0.6 is 0 Å². The molecule has 0 aromatic rings. The van der Waals surface area contributed by atoms with Crippen LogP contribution in [0.1, 0.15) is 39.5 Å². The van der Waals surface area contributed by atoms with Crippen molar-refractivity contribution in [1.29, 1.82) is 0 Å². The molecule has 0 rings (SSSR count). The van der Waals surface area contributed by atoms with Gasteiger partial charge in [-0.15, -0.1) is 0 Å². The van der Waals surface area contributed by atoms with Crippen molar-refractivity contribution in [2.45, 2.75) is 57.9 Å². The zero-order chi connectivity index (χ0) is 15.1. The van der Waals surface area contributed by atoms with Crippen molar-refractivity contribution in [3.63, 3.8) is 0 Å². The zero-order valence-electron chi connectivity index (χ0n) is 13.1. The molecule has 0 radical (unpaired) electrons. The molecule has 0 aliphatic heterocycles. The molecule has 0 fully saturated rings. The highest BCUT2D eigenvalue weighted by Crippen LogP contribution is 2.06. The van der Waals surface area contributed by atoms with Crippen LogP contribution in [0.15, 0.2) is 12.7 Å². The van der Waals surface area contributed by atoms with Gasteiger partial charge in [0.25, 0.3) is 0 Å². The molecule has 0 heterocycles. The number of hydrogen-bond acceptors (Lipinski definition) is 4. The number of unbranched alkanes of at least 4 members (excludes halogenated alkanes) is 2. The van der Waals surface area contributed by atoms with Crippen molar-refractivity contribution in [3.8, 4) is 0 Å². The Morgan fingerprint density at radius 2 is 1.75 bits per heavy atom. The smallest absolute Gasteiger partial charge is 0.330 e. The molecule has 118 valence electrons. The Balaban J connectivity index is 3.71. The highest BCUT2D eigenvalue weighted by atomic mass is 28.2. The first-order chi connectivity index (χ1) is 9.74. The molecule has 4 nitrogen and oxygen atoms in total. The normalized spacial score (nSPS) is 11.3. The van der Waals surface area contributed by atoms with Crippen molar-refractivity contribution in [2.75, 3.05) is 19.8 Å². The fourth-order valence-corrected chi connectivity index (χ4v) is 2.88. The summed E-state index contributed by atoms with van der Waals surface area (Å²) < 4.78 is 16.5. The summed E-state index contributed by atoms with van der Waals surface area (Å²) in [6, 6.07) is 1.95. The summed E-state index contributed by atoms with van der Waals surface area (Å²) in [5.74, 6) is -0.339. The van der Waals surface area contributed by atoms with Gasteiger partial charge in [0.05, 0.1) is 6.61 Å². The minimum atomic E-state index is -0.339. The molecule has 0 saturated carbocycles. The fourth-order valence-electron chi connectivity index (χ4n) is 1.58. The van der Waals surface area contributed by atoms with Gasteiger partial charge in [0.1, 0.15) is 0 Å². The Hall–Kier alpha value is -0.653. The largest absolute Gasteiger partial charge is 0.463 e. The van der Waals surface area contributed by atoms with E-state index in [-0.39, 0.29) is 21.8 Å². The summed E-state index contributed by atoms with van der Waals surface area (Å²) in [6.45, 7) is 9.71. The third kappa shape index (κ3) is 12.4. The lowest BCUT2D eigenvalue weighted by Crippen LogP contribution is -2.21. The highest BCUT2D eigenvalue weighted by Gasteiger charge is 2.09. The van der Waals surface area contributed by atoms with E-state index in [1.807, 2.05) is 0 Å². The number of carbonyl (C=O) groups excluding carboxylic acids is 1. The number of carbonyl (C=O) groups is 1. The molecule has 0 aliphatic carbocycles. The molecule has 0 saturated heterocycles. The summed E-state index contributed by atoms with van der Waals surface area (Å²) in [5.41, 5.74) is 0. The number of ether oxygens (including phenoxy) is 3. The molecule has 0 bridgehead atoms. The topological polar surface area (TPSA) is 44.8 Å². The highest BCUT2D eigenvalue weighted by molar-refractivity contribution is 6.35. The van der Waals surface area contributed by atoms with Crippen LogP contribution in [0.2, 0.25) is 12.1 Å². The standard InChI is InChI=1S/C15H30O4Si/c1-4-7-9-18-15(19-10-8-5-2)13-20-12-11-17-14(16)6-3/h6,15H,3-5,7-13,20H2,1-2H3. The van der Waals surface area contributed by atoms with Gasteiger partial charge in [0, 0.05) is 28.8 Å². The van der Waals surface area contributed by atoms with E-state index in [9.17, 15) is 4.79 Å². The maximum atomic E-state index is 10.9. The second kappa shape index (κ2) is 14.7. The van der Waals surface area contributed by atoms with Crippen LogP contribution in [0.4, 0.5) is 0 Å². The fraction of sp³-hybridized carbons (Fsp3) is 0.800. The SMILES string of the molecule is C=CC(=O)OCC[SiH2]CC(OCCCC)OCCCC. The first-order valence-electron chi connectivity index (χ1n) is 7.77. The molecule has 0 aliphatic rings. The van der Waals surface area contributed by atoms with Gasteiger partial charge in [0.2, 0.25) is 0 Å². The van der Waals surface area contributed by atoms with Gasteiger partial charge in [0.15, 0.2) is 6.29 Å². The lowest BCUT2D eigenvalue weighted by Gasteiger charge is -2.18. The van der Waals surface area contributed by atoms with E-state index in [1.165, 1.54) is 6.08 Å². The minimum absolute atomic E-state index is 0.0603. The molecule has 0 spiro atoms. The Morgan fingerprint density at radius 1 is 1.15 bits per heavy atom. The van der Waals surface area contributed by atoms with Gasteiger partial charge in [-0.05, 0) is 24.9 Å². The van der Waals surface area contributed by atoms with Crippen LogP contribution in [-0.2, 0) is 19.0 Å². The monoisotopic (exact) mass is 302 g/mol. The van der Waals surface area contributed by atoms with Gasteiger partial charge in [-0.25, -0.2) is 4.79 Å². The Labute approximate surface area is 125 Å². The predicted molar refractivity (Wildman–Crippen MR) is 84.8 cm³/mol. The maximum absolute atomic E-state index is 10.9. The second-order valence-corrected chi connectivity index (χ2v) is 6.74. The van der Waals surface area contributed by atoms with E-state index < -0.39 is 0 Å². The maximum Gasteiger partial charge on any atom is 0.330 e. The molecule has 0 atom stereocenters. The average Bonchev–Trinajstić information content (AvgIpc) is 2.46. The lowest BCUT2D eigenvalue weighted by atomic mass is 10.4. The summed E-state index contributed by atoms with van der Waals surface area (Å²) in [7, 11) is -0.317. The van der Waals surface area contributed by atoms with Crippen LogP contribution in [0, 0.1) is 0 Å². The number of esters is 1. The summed E-state index contributed by atoms with van der Waals surface area (Å²) in [5, 5.41) is 0. The van der Waals surface area contributed by atoms with Crippen molar-refractivity contribution in [1.82, 2.24) is 0 Å². The second-order valence-electron chi connectivity index (χ2n) is 4.75. The number of rotatable bonds is 14. The van der Waals surface area contributed by atoms with Crippen molar-refractivity contribution in [3.05, 3.63) is 12.7 Å². The van der Waals surface area contributed by atoms with Crippen LogP contribution < -0.4 is 0 Å². The molecule has 0 aromatic heterocycles. The Bertz CT molecular complexity index is 236. The van der Waals surface area contributed by atoms with Crippen LogP contribution in [0.5, 0.6) is 0 Å². The molecular weight excluding hydrogens is 272 g/mol. The van der Waals surface area contributed by atoms with Gasteiger partial charge >= 0.3 is 5.97 Å². The summed E-state index contributed by atoms with van der Waals surface area (Å²) in [4.78, 5) is 10.9. The van der Waals surface area contributed by atoms with Gasteiger partial charge in [-0.3, -0.25) is 0 Å². The number of hydrogen-bond donors (Lipinski definition) is 0. The van der Waals surface area contributed by atoms with E-state index in [2.05, 4.69) is 20.4 Å². The quantitative estimate of drug-likeness (QED) is 0.163. The molecule has 0 N–H and O–H groups in total. The van der Waals surface area contributed by atoms with Crippen molar-refractivity contribution >= 4 is 15.5 Å². The van der Waals surface area contributed by atoms with Crippen molar-refractivity contribution < 1.29 is 19.0 Å². The lowest BCUT2D eigenvalue weighted by molar-refractivity contribution is -0.137. The molecule has 5 heteroatoms. The van der Waals surface area contributed by atoms with Gasteiger partial charge in [-0.1, -0.05) is 33.3 Å². The molecule has 0 aromatic carbocycles. The van der Waals surface area contributed by atoms with E-state index in [0.29, 0.717) is 6.61 Å². The van der Waals surface area contributed by atoms with Gasteiger partial charge in [-0.2, -0.15) is 0 Å². The first kappa shape index (κ1) is 19.3. The van der Waals surface area contributed by atoms with Crippen LogP contribution in [-0.4, -0.2) is 41.6 Å². The van der Waals surface area contributed by atoms with Gasteiger partial charge < -0.3 is 14.2 Å². The van der Waals surface area contributed by atoms with Crippen molar-refractivity contribution in [2.24, 2.45) is 0 Å². The third-order valence-electron chi connectivity index (χ3n) is 2.85. The molecular formula is C15H30O4Si. The molecule has 0 unspecified atom stereocenters. The minimum Gasteiger partial charge on any atom is -0.463 e. The van der Waals surface area contributed by atoms with E-state index in [1.54, 1.807) is 0 Å². The Morgan fingerprint density at radius 3 is 2.25 bits per heavy atom. The van der Waals surface area contributed by atoms with Crippen LogP contribution in [0.25, 0.3) is 0 Å². The molecule has 20 heavy (non-hydrogen) atoms. The van der Waals surface area contributed by atoms with Crippen LogP contribution in [0.3, 0.4) is 0 Å². The van der Waals surface area contributed by atoms with E-state index in [4.69, 9.17) is 14.2 Å². The summed E-state index contributed by atoms with van der Waals surface area (Å²) >= 11 is 0.